The Morgan fingerprint density at radius 2 is 2.00 bits per heavy atom. The molecule has 0 radical (unpaired) electrons. The third-order valence-corrected chi connectivity index (χ3v) is 1.94. The lowest BCUT2D eigenvalue weighted by atomic mass is 10.2. The second kappa shape index (κ2) is 3.97. The van der Waals surface area contributed by atoms with Crippen molar-refractivity contribution < 1.29 is 4.79 Å². The van der Waals surface area contributed by atoms with Gasteiger partial charge in [0.15, 0.2) is 0 Å². The number of rotatable bonds is 1. The molecule has 0 saturated carbocycles. The zero-order chi connectivity index (χ0) is 9.84. The maximum absolute atomic E-state index is 10.7. The van der Waals surface area contributed by atoms with Crippen molar-refractivity contribution in [2.75, 3.05) is 11.9 Å². The van der Waals surface area contributed by atoms with Gasteiger partial charge in [0.2, 0.25) is 0 Å². The van der Waals surface area contributed by atoms with E-state index in [1.165, 1.54) is 4.90 Å². The van der Waals surface area contributed by atoms with Crippen LogP contribution in [0.1, 0.15) is 5.56 Å². The smallest absolute Gasteiger partial charge is 0.302 e. The van der Waals surface area contributed by atoms with Gasteiger partial charge in [-0.1, -0.05) is 5.92 Å². The number of nitrogens with zero attached hydrogens (tertiary/aromatic N) is 1. The van der Waals surface area contributed by atoms with E-state index in [4.69, 9.17) is 18.0 Å². The minimum absolute atomic E-state index is 0.520. The molecule has 1 aromatic carbocycles. The number of benzene rings is 1. The standard InChI is InChI=1S/C10H8ClNO/c1-3-8-4-6-9(7-5-8)12(2)10(11)13/h1,4-7H,2H3. The van der Waals surface area contributed by atoms with E-state index in [-0.39, 0.29) is 0 Å². The molecule has 0 fully saturated rings. The van der Waals surface area contributed by atoms with E-state index >= 15 is 0 Å². The van der Waals surface area contributed by atoms with Crippen LogP contribution in [-0.4, -0.2) is 12.4 Å². The highest BCUT2D eigenvalue weighted by atomic mass is 35.5. The van der Waals surface area contributed by atoms with Crippen molar-refractivity contribution in [3.8, 4) is 12.3 Å². The molecule has 1 amide bonds. The fourth-order valence-electron chi connectivity index (χ4n) is 0.883. The predicted octanol–water partition coefficient (Wildman–Crippen LogP) is 2.46. The van der Waals surface area contributed by atoms with Crippen molar-refractivity contribution in [3.05, 3.63) is 29.8 Å². The fraction of sp³-hybridized carbons (Fsp3) is 0.100. The summed E-state index contributed by atoms with van der Waals surface area (Å²) >= 11 is 5.28. The molecule has 3 heteroatoms. The first-order valence-corrected chi connectivity index (χ1v) is 4.03. The second-order valence-corrected chi connectivity index (χ2v) is 2.83. The van der Waals surface area contributed by atoms with Crippen molar-refractivity contribution in [3.63, 3.8) is 0 Å². The molecule has 13 heavy (non-hydrogen) atoms. The molecule has 0 unspecified atom stereocenters. The number of carbonyl (C=O) groups is 1. The van der Waals surface area contributed by atoms with Gasteiger partial charge < -0.3 is 4.90 Å². The van der Waals surface area contributed by atoms with E-state index in [0.29, 0.717) is 0 Å². The number of halogens is 1. The number of terminal acetylenes is 1. The van der Waals surface area contributed by atoms with E-state index in [2.05, 4.69) is 5.92 Å². The molecule has 0 heterocycles. The SMILES string of the molecule is C#Cc1ccc(N(C)C(=O)Cl)cc1. The van der Waals surface area contributed by atoms with Crippen molar-refractivity contribution >= 4 is 22.7 Å². The van der Waals surface area contributed by atoms with E-state index in [1.54, 1.807) is 31.3 Å². The van der Waals surface area contributed by atoms with Crippen LogP contribution in [0.3, 0.4) is 0 Å². The lowest BCUT2D eigenvalue weighted by molar-refractivity contribution is 0.265. The van der Waals surface area contributed by atoms with Gasteiger partial charge >= 0.3 is 5.37 Å². The fourth-order valence-corrected chi connectivity index (χ4v) is 0.980. The summed E-state index contributed by atoms with van der Waals surface area (Å²) in [5, 5.41) is -0.520. The summed E-state index contributed by atoms with van der Waals surface area (Å²) in [6.45, 7) is 0. The number of anilines is 1. The summed E-state index contributed by atoms with van der Waals surface area (Å²) in [6, 6.07) is 7.00. The summed E-state index contributed by atoms with van der Waals surface area (Å²) in [7, 11) is 1.60. The lowest BCUT2D eigenvalue weighted by Gasteiger charge is -2.12. The van der Waals surface area contributed by atoms with Gasteiger partial charge in [-0.3, -0.25) is 4.79 Å². The molecule has 1 rings (SSSR count). The van der Waals surface area contributed by atoms with Crippen LogP contribution < -0.4 is 4.90 Å². The Kier molecular flexibility index (Phi) is 2.94. The van der Waals surface area contributed by atoms with Crippen LogP contribution in [0.15, 0.2) is 24.3 Å². The number of amides is 1. The van der Waals surface area contributed by atoms with E-state index in [0.717, 1.165) is 11.3 Å². The minimum atomic E-state index is -0.520. The summed E-state index contributed by atoms with van der Waals surface area (Å²) in [5.74, 6) is 2.49. The number of carbonyl (C=O) groups excluding carboxylic acids is 1. The molecule has 2 nitrogen and oxygen atoms in total. The van der Waals surface area contributed by atoms with Gasteiger partial charge in [-0.25, -0.2) is 0 Å². The molecular weight excluding hydrogens is 186 g/mol. The number of hydrogen-bond donors (Lipinski definition) is 0. The predicted molar refractivity (Wildman–Crippen MR) is 54.0 cm³/mol. The Morgan fingerprint density at radius 3 is 2.38 bits per heavy atom. The highest BCUT2D eigenvalue weighted by molar-refractivity contribution is 6.66. The summed E-state index contributed by atoms with van der Waals surface area (Å²) in [6.07, 6.45) is 5.18. The highest BCUT2D eigenvalue weighted by Gasteiger charge is 2.05. The number of hydrogen-bond acceptors (Lipinski definition) is 1. The molecule has 0 spiro atoms. The van der Waals surface area contributed by atoms with Crippen LogP contribution in [0.5, 0.6) is 0 Å². The molecule has 0 aromatic heterocycles. The maximum Gasteiger partial charge on any atom is 0.320 e. The summed E-state index contributed by atoms with van der Waals surface area (Å²) < 4.78 is 0. The van der Waals surface area contributed by atoms with E-state index in [1.807, 2.05) is 0 Å². The monoisotopic (exact) mass is 193 g/mol. The van der Waals surface area contributed by atoms with Crippen LogP contribution in [0.2, 0.25) is 0 Å². The minimum Gasteiger partial charge on any atom is -0.302 e. The zero-order valence-corrected chi connectivity index (χ0v) is 7.88. The average molecular weight is 194 g/mol. The van der Waals surface area contributed by atoms with Gasteiger partial charge in [0.25, 0.3) is 0 Å². The molecular formula is C10H8ClNO. The Balaban J connectivity index is 2.93. The normalized spacial score (nSPS) is 9.00. The van der Waals surface area contributed by atoms with Crippen LogP contribution >= 0.6 is 11.6 Å². The zero-order valence-electron chi connectivity index (χ0n) is 7.12. The first-order valence-electron chi connectivity index (χ1n) is 3.65. The van der Waals surface area contributed by atoms with Crippen LogP contribution in [0, 0.1) is 12.3 Å². The van der Waals surface area contributed by atoms with Crippen LogP contribution in [0.4, 0.5) is 10.5 Å². The van der Waals surface area contributed by atoms with Crippen LogP contribution in [-0.2, 0) is 0 Å². The molecule has 0 aliphatic carbocycles. The average Bonchev–Trinajstić information content (AvgIpc) is 2.17. The van der Waals surface area contributed by atoms with Crippen molar-refractivity contribution in [2.45, 2.75) is 0 Å². The van der Waals surface area contributed by atoms with Gasteiger partial charge in [0.05, 0.1) is 0 Å². The molecule has 0 N–H and O–H groups in total. The Labute approximate surface area is 82.1 Å². The highest BCUT2D eigenvalue weighted by Crippen LogP contribution is 2.14. The first kappa shape index (κ1) is 9.63. The van der Waals surface area contributed by atoms with E-state index in [9.17, 15) is 4.79 Å². The van der Waals surface area contributed by atoms with E-state index < -0.39 is 5.37 Å². The van der Waals surface area contributed by atoms with Crippen LogP contribution in [0.25, 0.3) is 0 Å². The molecule has 0 aliphatic heterocycles. The topological polar surface area (TPSA) is 20.3 Å². The second-order valence-electron chi connectivity index (χ2n) is 2.50. The molecule has 1 aromatic rings. The van der Waals surface area contributed by atoms with Gasteiger partial charge in [0.1, 0.15) is 0 Å². The van der Waals surface area contributed by atoms with Gasteiger partial charge in [0, 0.05) is 18.3 Å². The van der Waals surface area contributed by atoms with Crippen molar-refractivity contribution in [1.29, 1.82) is 0 Å². The third kappa shape index (κ3) is 2.24. The lowest BCUT2D eigenvalue weighted by Crippen LogP contribution is -2.19. The Hall–Kier alpha value is -1.46. The molecule has 66 valence electrons. The van der Waals surface area contributed by atoms with Crippen molar-refractivity contribution in [2.24, 2.45) is 0 Å². The van der Waals surface area contributed by atoms with Gasteiger partial charge in [-0.15, -0.1) is 6.42 Å². The Morgan fingerprint density at radius 1 is 1.46 bits per heavy atom. The summed E-state index contributed by atoms with van der Waals surface area (Å²) in [5.41, 5.74) is 1.50. The molecule has 0 atom stereocenters. The van der Waals surface area contributed by atoms with Gasteiger partial charge in [-0.2, -0.15) is 0 Å². The first-order chi connectivity index (χ1) is 6.15. The maximum atomic E-state index is 10.7. The third-order valence-electron chi connectivity index (χ3n) is 1.68. The van der Waals surface area contributed by atoms with Gasteiger partial charge in [-0.05, 0) is 35.9 Å². The molecule has 0 bridgehead atoms. The quantitative estimate of drug-likeness (QED) is 0.381. The molecule has 0 aliphatic rings. The summed E-state index contributed by atoms with van der Waals surface area (Å²) in [4.78, 5) is 12.1. The van der Waals surface area contributed by atoms with Crippen molar-refractivity contribution in [1.82, 2.24) is 0 Å². The Bertz CT molecular complexity index is 350. The largest absolute Gasteiger partial charge is 0.320 e. The molecule has 0 saturated heterocycles.